The van der Waals surface area contributed by atoms with Gasteiger partial charge in [0.05, 0.1) is 17.7 Å². The molecular formula is C29H38ClN3O5. The molecule has 2 amide bonds. The number of aliphatic hydroxyl groups is 2. The normalized spacial score (nSPS) is 17.4. The quantitative estimate of drug-likeness (QED) is 0.517. The predicted molar refractivity (Wildman–Crippen MR) is 147 cm³/mol. The van der Waals surface area contributed by atoms with E-state index in [1.807, 2.05) is 18.2 Å². The van der Waals surface area contributed by atoms with Crippen molar-refractivity contribution in [1.29, 1.82) is 0 Å². The van der Waals surface area contributed by atoms with E-state index in [0.717, 1.165) is 50.9 Å². The molecule has 2 aromatic rings. The van der Waals surface area contributed by atoms with Crippen LogP contribution in [0.15, 0.2) is 42.5 Å². The number of anilines is 1. The van der Waals surface area contributed by atoms with Gasteiger partial charge in [-0.15, -0.1) is 0 Å². The maximum atomic E-state index is 13.0. The number of hydrogen-bond donors (Lipinski definition) is 2. The van der Waals surface area contributed by atoms with Crippen LogP contribution >= 0.6 is 11.6 Å². The minimum absolute atomic E-state index is 0.100. The standard InChI is InChI=1S/C29H38ClN3O5/c1-31(2)27(34)25-8-7-23(19-26(25)30)32-13-9-20(10-14-32)17-21-11-15-33(16-12-21)28(35)29(36,37)22-5-4-6-24(18-22)38-3/h4-8,18-21,36-37H,9-17H2,1-3H3. The first-order chi connectivity index (χ1) is 18.1. The van der Waals surface area contributed by atoms with E-state index in [-0.39, 0.29) is 11.5 Å². The van der Waals surface area contributed by atoms with Gasteiger partial charge in [0.2, 0.25) is 0 Å². The first-order valence-corrected chi connectivity index (χ1v) is 13.6. The Kier molecular flexibility index (Phi) is 8.85. The molecule has 0 spiro atoms. The highest BCUT2D eigenvalue weighted by Gasteiger charge is 2.40. The topological polar surface area (TPSA) is 93.5 Å². The van der Waals surface area contributed by atoms with Gasteiger partial charge in [-0.2, -0.15) is 0 Å². The zero-order valence-corrected chi connectivity index (χ0v) is 23.2. The lowest BCUT2D eigenvalue weighted by molar-refractivity contribution is -0.202. The van der Waals surface area contributed by atoms with E-state index in [1.165, 1.54) is 24.1 Å². The molecule has 2 N–H and O–H groups in total. The fourth-order valence-electron chi connectivity index (χ4n) is 5.57. The van der Waals surface area contributed by atoms with Gasteiger partial charge in [-0.25, -0.2) is 0 Å². The maximum absolute atomic E-state index is 13.0. The molecule has 2 saturated heterocycles. The predicted octanol–water partition coefficient (Wildman–Crippen LogP) is 3.73. The van der Waals surface area contributed by atoms with E-state index >= 15 is 0 Å². The smallest absolute Gasteiger partial charge is 0.287 e. The van der Waals surface area contributed by atoms with E-state index < -0.39 is 11.7 Å². The Bertz CT molecular complexity index is 1140. The van der Waals surface area contributed by atoms with Gasteiger partial charge in [-0.05, 0) is 74.3 Å². The van der Waals surface area contributed by atoms with E-state index in [0.29, 0.717) is 41.3 Å². The summed E-state index contributed by atoms with van der Waals surface area (Å²) >= 11 is 6.42. The summed E-state index contributed by atoms with van der Waals surface area (Å²) in [5, 5.41) is 21.7. The van der Waals surface area contributed by atoms with Crippen LogP contribution in [0.5, 0.6) is 5.75 Å². The second-order valence-corrected chi connectivity index (χ2v) is 11.1. The van der Waals surface area contributed by atoms with Gasteiger partial charge in [0, 0.05) is 51.5 Å². The fourth-order valence-corrected chi connectivity index (χ4v) is 5.82. The van der Waals surface area contributed by atoms with Crippen LogP contribution in [0.4, 0.5) is 5.69 Å². The number of carbonyl (C=O) groups excluding carboxylic acids is 2. The first-order valence-electron chi connectivity index (χ1n) is 13.2. The highest BCUT2D eigenvalue weighted by Crippen LogP contribution is 2.34. The number of rotatable bonds is 7. The lowest BCUT2D eigenvalue weighted by Crippen LogP contribution is -2.50. The van der Waals surface area contributed by atoms with Crippen molar-refractivity contribution >= 4 is 29.1 Å². The minimum Gasteiger partial charge on any atom is -0.497 e. The lowest BCUT2D eigenvalue weighted by atomic mass is 9.82. The number of halogens is 1. The van der Waals surface area contributed by atoms with Gasteiger partial charge < -0.3 is 29.6 Å². The molecule has 9 heteroatoms. The number of hydrogen-bond acceptors (Lipinski definition) is 6. The largest absolute Gasteiger partial charge is 0.497 e. The summed E-state index contributed by atoms with van der Waals surface area (Å²) in [5.74, 6) is -1.76. The molecule has 0 saturated carbocycles. The molecule has 4 rings (SSSR count). The fraction of sp³-hybridized carbons (Fsp3) is 0.517. The molecule has 38 heavy (non-hydrogen) atoms. The second-order valence-electron chi connectivity index (χ2n) is 10.7. The Labute approximate surface area is 229 Å². The van der Waals surface area contributed by atoms with Crippen LogP contribution in [0, 0.1) is 11.8 Å². The van der Waals surface area contributed by atoms with E-state index in [1.54, 1.807) is 31.1 Å². The molecule has 2 fully saturated rings. The molecule has 0 aliphatic carbocycles. The van der Waals surface area contributed by atoms with E-state index in [9.17, 15) is 19.8 Å². The summed E-state index contributed by atoms with van der Waals surface area (Å²) in [7, 11) is 4.93. The maximum Gasteiger partial charge on any atom is 0.287 e. The molecule has 0 unspecified atom stereocenters. The summed E-state index contributed by atoms with van der Waals surface area (Å²) in [5.41, 5.74) is 1.67. The van der Waals surface area contributed by atoms with Crippen LogP contribution in [0.3, 0.4) is 0 Å². The molecular weight excluding hydrogens is 506 g/mol. The third-order valence-electron chi connectivity index (χ3n) is 7.91. The highest BCUT2D eigenvalue weighted by atomic mass is 35.5. The third kappa shape index (κ3) is 6.25. The summed E-state index contributed by atoms with van der Waals surface area (Å²) in [4.78, 5) is 30.6. The van der Waals surface area contributed by atoms with Crippen LogP contribution in [0.1, 0.15) is 48.0 Å². The molecule has 0 bridgehead atoms. The monoisotopic (exact) mass is 543 g/mol. The van der Waals surface area contributed by atoms with Crippen molar-refractivity contribution in [2.45, 2.75) is 37.9 Å². The van der Waals surface area contributed by atoms with Crippen molar-refractivity contribution in [3.8, 4) is 5.75 Å². The third-order valence-corrected chi connectivity index (χ3v) is 8.22. The van der Waals surface area contributed by atoms with E-state index in [2.05, 4.69) is 4.90 Å². The van der Waals surface area contributed by atoms with Crippen LogP contribution in [-0.2, 0) is 10.6 Å². The number of piperidine rings is 2. The molecule has 8 nitrogen and oxygen atoms in total. The Balaban J connectivity index is 1.25. The summed E-state index contributed by atoms with van der Waals surface area (Å²) in [6.45, 7) is 2.92. The van der Waals surface area contributed by atoms with Gasteiger partial charge in [0.15, 0.2) is 0 Å². The van der Waals surface area contributed by atoms with Crippen molar-refractivity contribution in [1.82, 2.24) is 9.80 Å². The van der Waals surface area contributed by atoms with Crippen LogP contribution < -0.4 is 9.64 Å². The number of amides is 2. The first kappa shape index (κ1) is 28.2. The summed E-state index contributed by atoms with van der Waals surface area (Å²) in [6.07, 6.45) is 5.00. The van der Waals surface area contributed by atoms with Crippen LogP contribution in [0.25, 0.3) is 0 Å². The molecule has 0 atom stereocenters. The Morgan fingerprint density at radius 1 is 1.00 bits per heavy atom. The van der Waals surface area contributed by atoms with Gasteiger partial charge in [0.1, 0.15) is 5.75 Å². The number of methoxy groups -OCH3 is 1. The van der Waals surface area contributed by atoms with Gasteiger partial charge in [0.25, 0.3) is 17.6 Å². The molecule has 2 heterocycles. The van der Waals surface area contributed by atoms with Crippen molar-refractivity contribution in [3.63, 3.8) is 0 Å². The molecule has 2 aliphatic rings. The van der Waals surface area contributed by atoms with Gasteiger partial charge >= 0.3 is 0 Å². The molecule has 0 radical (unpaired) electrons. The molecule has 2 aromatic carbocycles. The number of carbonyl (C=O) groups is 2. The van der Waals surface area contributed by atoms with Crippen LogP contribution in [-0.4, -0.2) is 79.2 Å². The van der Waals surface area contributed by atoms with Gasteiger partial charge in [-0.1, -0.05) is 23.7 Å². The average Bonchev–Trinajstić information content (AvgIpc) is 2.93. The minimum atomic E-state index is -2.57. The number of benzene rings is 2. The van der Waals surface area contributed by atoms with Crippen molar-refractivity contribution in [2.75, 3.05) is 52.3 Å². The zero-order chi connectivity index (χ0) is 27.4. The Morgan fingerprint density at radius 3 is 2.21 bits per heavy atom. The highest BCUT2D eigenvalue weighted by molar-refractivity contribution is 6.34. The SMILES string of the molecule is COc1cccc(C(O)(O)C(=O)N2CCC(CC3CCN(c4ccc(C(=O)N(C)C)c(Cl)c4)CC3)CC2)c1. The zero-order valence-electron chi connectivity index (χ0n) is 22.4. The molecule has 206 valence electrons. The van der Waals surface area contributed by atoms with Crippen molar-refractivity contribution < 1.29 is 24.5 Å². The number of ether oxygens (including phenoxy) is 1. The number of likely N-dealkylation sites (tertiary alicyclic amines) is 1. The lowest BCUT2D eigenvalue weighted by Gasteiger charge is -2.38. The average molecular weight is 544 g/mol. The molecule has 0 aromatic heterocycles. The molecule has 2 aliphatic heterocycles. The second kappa shape index (κ2) is 11.9. The van der Waals surface area contributed by atoms with Crippen molar-refractivity contribution in [2.24, 2.45) is 11.8 Å². The van der Waals surface area contributed by atoms with Gasteiger partial charge in [-0.3, -0.25) is 9.59 Å². The van der Waals surface area contributed by atoms with Crippen molar-refractivity contribution in [3.05, 3.63) is 58.6 Å². The van der Waals surface area contributed by atoms with Crippen LogP contribution in [0.2, 0.25) is 5.02 Å². The Hall–Kier alpha value is -2.81. The number of nitrogens with zero attached hydrogens (tertiary/aromatic N) is 3. The Morgan fingerprint density at radius 2 is 1.63 bits per heavy atom. The summed E-state index contributed by atoms with van der Waals surface area (Å²) < 4.78 is 5.15. The summed E-state index contributed by atoms with van der Waals surface area (Å²) in [6, 6.07) is 12.0. The van der Waals surface area contributed by atoms with E-state index in [4.69, 9.17) is 16.3 Å².